The second kappa shape index (κ2) is 8.51. The van der Waals surface area contributed by atoms with Crippen molar-refractivity contribution in [2.75, 3.05) is 34.0 Å². The van der Waals surface area contributed by atoms with E-state index in [1.165, 1.54) is 0 Å². The molecule has 2 atom stereocenters. The Labute approximate surface area is 116 Å². The van der Waals surface area contributed by atoms with Gasteiger partial charge in [0.2, 0.25) is 0 Å². The lowest BCUT2D eigenvalue weighted by Crippen LogP contribution is -2.55. The van der Waals surface area contributed by atoms with Crippen LogP contribution in [0.5, 0.6) is 0 Å². The molecule has 112 valence electrons. The van der Waals surface area contributed by atoms with Gasteiger partial charge in [0.15, 0.2) is 0 Å². The van der Waals surface area contributed by atoms with E-state index in [1.54, 1.807) is 7.11 Å². The fraction of sp³-hybridized carbons (Fsp3) is 0.929. The molecule has 1 N–H and O–H groups in total. The Kier molecular flexibility index (Phi) is 7.34. The van der Waals surface area contributed by atoms with E-state index in [-0.39, 0.29) is 12.1 Å². The Morgan fingerprint density at radius 2 is 2.21 bits per heavy atom. The van der Waals surface area contributed by atoms with Gasteiger partial charge < -0.3 is 19.5 Å². The summed E-state index contributed by atoms with van der Waals surface area (Å²) in [5, 5.41) is 3.15. The molecule has 5 heteroatoms. The molecule has 0 aromatic rings. The van der Waals surface area contributed by atoms with E-state index in [4.69, 9.17) is 14.2 Å². The largest absolute Gasteiger partial charge is 0.465 e. The molecule has 0 aliphatic heterocycles. The van der Waals surface area contributed by atoms with E-state index < -0.39 is 5.54 Å². The maximum absolute atomic E-state index is 12.1. The molecule has 19 heavy (non-hydrogen) atoms. The number of hydrogen-bond acceptors (Lipinski definition) is 5. The van der Waals surface area contributed by atoms with E-state index in [9.17, 15) is 4.79 Å². The average Bonchev–Trinajstić information content (AvgIpc) is 2.44. The van der Waals surface area contributed by atoms with Crippen molar-refractivity contribution in [2.24, 2.45) is 0 Å². The van der Waals surface area contributed by atoms with Crippen LogP contribution < -0.4 is 5.32 Å². The maximum atomic E-state index is 12.1. The number of hydrogen-bond donors (Lipinski definition) is 1. The molecule has 1 saturated carbocycles. The molecular formula is C14H27NO4. The number of ether oxygens (including phenoxy) is 3. The predicted octanol–water partition coefficient (Wildman–Crippen LogP) is 1.50. The van der Waals surface area contributed by atoms with Crippen LogP contribution in [0.2, 0.25) is 0 Å². The van der Waals surface area contributed by atoms with Gasteiger partial charge in [0, 0.05) is 26.7 Å². The number of rotatable bonds is 8. The first-order chi connectivity index (χ1) is 9.18. The third-order valence-corrected chi connectivity index (χ3v) is 3.70. The minimum Gasteiger partial charge on any atom is -0.465 e. The van der Waals surface area contributed by atoms with Crippen LogP contribution in [0.4, 0.5) is 0 Å². The number of likely N-dealkylation sites (N-methyl/N-ethyl adjacent to an activating group) is 1. The van der Waals surface area contributed by atoms with Gasteiger partial charge in [-0.2, -0.15) is 0 Å². The molecule has 5 nitrogen and oxygen atoms in total. The van der Waals surface area contributed by atoms with Gasteiger partial charge in [0.25, 0.3) is 0 Å². The van der Waals surface area contributed by atoms with Crippen molar-refractivity contribution in [1.82, 2.24) is 5.32 Å². The fourth-order valence-electron chi connectivity index (χ4n) is 2.60. The molecule has 2 unspecified atom stereocenters. The van der Waals surface area contributed by atoms with Gasteiger partial charge in [-0.05, 0) is 39.7 Å². The standard InChI is InChI=1S/C14H27NO4/c1-4-18-13(16)14(15-2)8-5-7-12(11-14)19-10-6-9-17-3/h12,15H,4-11H2,1-3H3. The van der Waals surface area contributed by atoms with Crippen LogP contribution in [0.15, 0.2) is 0 Å². The van der Waals surface area contributed by atoms with Crippen LogP contribution in [0.3, 0.4) is 0 Å². The maximum Gasteiger partial charge on any atom is 0.326 e. The van der Waals surface area contributed by atoms with E-state index in [2.05, 4.69) is 5.32 Å². The minimum absolute atomic E-state index is 0.127. The van der Waals surface area contributed by atoms with E-state index >= 15 is 0 Å². The second-order valence-corrected chi connectivity index (χ2v) is 4.99. The molecule has 0 aromatic carbocycles. The molecule has 0 amide bonds. The lowest BCUT2D eigenvalue weighted by Gasteiger charge is -2.38. The summed E-state index contributed by atoms with van der Waals surface area (Å²) in [6.45, 7) is 3.65. The Bertz CT molecular complexity index is 272. The van der Waals surface area contributed by atoms with Crippen molar-refractivity contribution in [3.63, 3.8) is 0 Å². The molecule has 1 rings (SSSR count). The molecule has 0 aromatic heterocycles. The van der Waals surface area contributed by atoms with Gasteiger partial charge >= 0.3 is 5.97 Å². The highest BCUT2D eigenvalue weighted by molar-refractivity contribution is 5.81. The number of methoxy groups -OCH3 is 1. The number of esters is 1. The van der Waals surface area contributed by atoms with Crippen LogP contribution >= 0.6 is 0 Å². The van der Waals surface area contributed by atoms with E-state index in [1.807, 2.05) is 14.0 Å². The van der Waals surface area contributed by atoms with Crippen LogP contribution in [0, 0.1) is 0 Å². The number of carbonyl (C=O) groups excluding carboxylic acids is 1. The van der Waals surface area contributed by atoms with Gasteiger partial charge in [-0.1, -0.05) is 0 Å². The van der Waals surface area contributed by atoms with Crippen molar-refractivity contribution in [3.05, 3.63) is 0 Å². The fourth-order valence-corrected chi connectivity index (χ4v) is 2.60. The number of nitrogens with one attached hydrogen (secondary N) is 1. The van der Waals surface area contributed by atoms with Gasteiger partial charge in [0.05, 0.1) is 12.7 Å². The Morgan fingerprint density at radius 3 is 2.84 bits per heavy atom. The van der Waals surface area contributed by atoms with Crippen molar-refractivity contribution < 1.29 is 19.0 Å². The zero-order valence-corrected chi connectivity index (χ0v) is 12.4. The van der Waals surface area contributed by atoms with E-state index in [0.717, 1.165) is 25.7 Å². The molecule has 0 radical (unpaired) electrons. The van der Waals surface area contributed by atoms with Crippen molar-refractivity contribution >= 4 is 5.97 Å². The van der Waals surface area contributed by atoms with Gasteiger partial charge in [-0.25, -0.2) is 0 Å². The summed E-state index contributed by atoms with van der Waals surface area (Å²) in [7, 11) is 3.51. The third kappa shape index (κ3) is 4.75. The molecule has 0 heterocycles. The van der Waals surface area contributed by atoms with Crippen LogP contribution in [0.25, 0.3) is 0 Å². The Hall–Kier alpha value is -0.650. The highest BCUT2D eigenvalue weighted by Gasteiger charge is 2.43. The number of carbonyl (C=O) groups is 1. The first-order valence-corrected chi connectivity index (χ1v) is 7.15. The van der Waals surface area contributed by atoms with Gasteiger partial charge in [0.1, 0.15) is 5.54 Å². The van der Waals surface area contributed by atoms with Gasteiger partial charge in [-0.15, -0.1) is 0 Å². The SMILES string of the molecule is CCOC(=O)C1(NC)CCCC(OCCCOC)C1. The summed E-state index contributed by atoms with van der Waals surface area (Å²) in [5.74, 6) is -0.150. The van der Waals surface area contributed by atoms with E-state index in [0.29, 0.717) is 26.2 Å². The zero-order valence-electron chi connectivity index (χ0n) is 12.4. The Balaban J connectivity index is 2.48. The molecule has 0 spiro atoms. The molecule has 1 aliphatic rings. The summed E-state index contributed by atoms with van der Waals surface area (Å²) in [6.07, 6.45) is 4.52. The van der Waals surface area contributed by atoms with Crippen molar-refractivity contribution in [3.8, 4) is 0 Å². The molecule has 1 aliphatic carbocycles. The summed E-state index contributed by atoms with van der Waals surface area (Å²) < 4.78 is 16.0. The predicted molar refractivity (Wildman–Crippen MR) is 73.1 cm³/mol. The summed E-state index contributed by atoms with van der Waals surface area (Å²) in [4.78, 5) is 12.1. The monoisotopic (exact) mass is 273 g/mol. The lowest BCUT2D eigenvalue weighted by molar-refractivity contribution is -0.155. The average molecular weight is 273 g/mol. The van der Waals surface area contributed by atoms with Crippen LogP contribution in [-0.2, 0) is 19.0 Å². The van der Waals surface area contributed by atoms with Crippen LogP contribution in [0.1, 0.15) is 39.0 Å². The summed E-state index contributed by atoms with van der Waals surface area (Å²) in [6, 6.07) is 0. The van der Waals surface area contributed by atoms with Crippen LogP contribution in [-0.4, -0.2) is 51.6 Å². The first-order valence-electron chi connectivity index (χ1n) is 7.15. The quantitative estimate of drug-likeness (QED) is 0.536. The zero-order chi connectivity index (χ0) is 14.1. The molecule has 1 fully saturated rings. The third-order valence-electron chi connectivity index (χ3n) is 3.70. The Morgan fingerprint density at radius 1 is 1.42 bits per heavy atom. The topological polar surface area (TPSA) is 56.8 Å². The van der Waals surface area contributed by atoms with Crippen molar-refractivity contribution in [2.45, 2.75) is 50.7 Å². The van der Waals surface area contributed by atoms with Gasteiger partial charge in [-0.3, -0.25) is 4.79 Å². The first kappa shape index (κ1) is 16.4. The summed E-state index contributed by atoms with van der Waals surface area (Å²) >= 11 is 0. The second-order valence-electron chi connectivity index (χ2n) is 4.99. The lowest BCUT2D eigenvalue weighted by atomic mass is 9.80. The molecule has 0 bridgehead atoms. The smallest absolute Gasteiger partial charge is 0.326 e. The minimum atomic E-state index is -0.569. The normalized spacial score (nSPS) is 27.2. The van der Waals surface area contributed by atoms with Crippen molar-refractivity contribution in [1.29, 1.82) is 0 Å². The molecular weight excluding hydrogens is 246 g/mol. The highest BCUT2D eigenvalue weighted by Crippen LogP contribution is 2.31. The highest BCUT2D eigenvalue weighted by atomic mass is 16.5. The molecule has 0 saturated heterocycles. The summed E-state index contributed by atoms with van der Waals surface area (Å²) in [5.41, 5.74) is -0.569.